The van der Waals surface area contributed by atoms with Gasteiger partial charge in [-0.25, -0.2) is 12.8 Å². The summed E-state index contributed by atoms with van der Waals surface area (Å²) in [7, 11) is -3.85. The number of aryl methyl sites for hydroxylation is 1. The first-order chi connectivity index (χ1) is 8.88. The molecule has 0 atom stereocenters. The molecule has 7 heteroatoms. The smallest absolute Gasteiger partial charge is 0.263 e. The largest absolute Gasteiger partial charge is 0.328 e. The van der Waals surface area contributed by atoms with Crippen molar-refractivity contribution >= 4 is 15.7 Å². The van der Waals surface area contributed by atoms with E-state index >= 15 is 0 Å². The Morgan fingerprint density at radius 1 is 1.21 bits per heavy atom. The highest BCUT2D eigenvalue weighted by atomic mass is 32.2. The maximum atomic E-state index is 13.3. The number of aromatic nitrogens is 1. The lowest BCUT2D eigenvalue weighted by atomic mass is 10.2. The first kappa shape index (κ1) is 13.3. The van der Waals surface area contributed by atoms with E-state index in [0.717, 1.165) is 18.3 Å². The van der Waals surface area contributed by atoms with Crippen LogP contribution in [-0.2, 0) is 10.0 Å². The molecule has 2 aromatic rings. The normalized spacial score (nSPS) is 11.3. The van der Waals surface area contributed by atoms with Crippen molar-refractivity contribution in [3.63, 3.8) is 0 Å². The Balaban J connectivity index is 2.33. The molecule has 0 saturated carbocycles. The van der Waals surface area contributed by atoms with Crippen molar-refractivity contribution in [2.45, 2.75) is 11.8 Å². The van der Waals surface area contributed by atoms with Crippen LogP contribution >= 0.6 is 0 Å². The predicted octanol–water partition coefficient (Wildman–Crippen LogP) is 1.62. The number of aromatic amines is 1. The van der Waals surface area contributed by atoms with Gasteiger partial charge in [0.25, 0.3) is 10.0 Å². The summed E-state index contributed by atoms with van der Waals surface area (Å²) >= 11 is 0. The lowest BCUT2D eigenvalue weighted by molar-refractivity contribution is 0.600. The molecule has 0 radical (unpaired) electrons. The quantitative estimate of drug-likeness (QED) is 0.898. The molecule has 1 heterocycles. The molecule has 0 aliphatic rings. The zero-order chi connectivity index (χ0) is 14.0. The Labute approximate surface area is 109 Å². The van der Waals surface area contributed by atoms with E-state index in [2.05, 4.69) is 9.71 Å². The minimum absolute atomic E-state index is 0.104. The molecule has 1 aromatic carbocycles. The molecule has 100 valence electrons. The highest BCUT2D eigenvalue weighted by Gasteiger charge is 2.14. The number of nitrogens with one attached hydrogen (secondary N) is 2. The minimum atomic E-state index is -3.85. The second-order valence-electron chi connectivity index (χ2n) is 3.96. The Hall–Kier alpha value is -2.15. The fraction of sp³-hybridized carbons (Fsp3) is 0.0833. The van der Waals surface area contributed by atoms with Crippen molar-refractivity contribution in [1.82, 2.24) is 4.98 Å². The Morgan fingerprint density at radius 2 is 1.95 bits per heavy atom. The van der Waals surface area contributed by atoms with E-state index in [9.17, 15) is 17.6 Å². The van der Waals surface area contributed by atoms with Crippen LogP contribution in [0.4, 0.5) is 10.1 Å². The van der Waals surface area contributed by atoms with E-state index in [1.165, 1.54) is 18.2 Å². The van der Waals surface area contributed by atoms with Gasteiger partial charge in [-0.1, -0.05) is 6.07 Å². The molecule has 1 aromatic heterocycles. The average Bonchev–Trinajstić information content (AvgIpc) is 2.34. The van der Waals surface area contributed by atoms with Gasteiger partial charge in [0.15, 0.2) is 0 Å². The van der Waals surface area contributed by atoms with Gasteiger partial charge in [-0.05, 0) is 30.7 Å². The zero-order valence-corrected chi connectivity index (χ0v) is 10.8. The van der Waals surface area contributed by atoms with Crippen LogP contribution in [0.5, 0.6) is 0 Å². The lowest BCUT2D eigenvalue weighted by Gasteiger charge is -2.08. The fourth-order valence-corrected chi connectivity index (χ4v) is 2.45. The predicted molar refractivity (Wildman–Crippen MR) is 69.0 cm³/mol. The number of sulfonamides is 1. The second-order valence-corrected chi connectivity index (χ2v) is 5.64. The number of rotatable bonds is 3. The minimum Gasteiger partial charge on any atom is -0.328 e. The van der Waals surface area contributed by atoms with Crippen LogP contribution in [0, 0.1) is 12.7 Å². The molecular formula is C12H11FN2O3S. The van der Waals surface area contributed by atoms with Gasteiger partial charge in [0.05, 0.1) is 5.69 Å². The van der Waals surface area contributed by atoms with Crippen LogP contribution in [0.2, 0.25) is 0 Å². The summed E-state index contributed by atoms with van der Waals surface area (Å²) in [5, 5.41) is 0. The van der Waals surface area contributed by atoms with Gasteiger partial charge in [-0.2, -0.15) is 0 Å². The highest BCUT2D eigenvalue weighted by molar-refractivity contribution is 7.92. The van der Waals surface area contributed by atoms with Crippen LogP contribution in [0.25, 0.3) is 0 Å². The van der Waals surface area contributed by atoms with E-state index in [0.29, 0.717) is 5.56 Å². The summed E-state index contributed by atoms with van der Waals surface area (Å²) < 4.78 is 39.5. The molecule has 0 spiro atoms. The molecule has 0 aliphatic heterocycles. The molecular weight excluding hydrogens is 271 g/mol. The maximum Gasteiger partial charge on any atom is 0.263 e. The van der Waals surface area contributed by atoms with Crippen molar-refractivity contribution in [2.75, 3.05) is 4.72 Å². The molecule has 0 fully saturated rings. The summed E-state index contributed by atoms with van der Waals surface area (Å²) in [6.45, 7) is 1.58. The molecule has 0 unspecified atom stereocenters. The second kappa shape index (κ2) is 4.85. The zero-order valence-electron chi connectivity index (χ0n) is 9.98. The van der Waals surface area contributed by atoms with Crippen molar-refractivity contribution in [3.05, 3.63) is 58.3 Å². The third kappa shape index (κ3) is 3.00. The number of hydrogen-bond donors (Lipinski definition) is 2. The van der Waals surface area contributed by atoms with Crippen LogP contribution < -0.4 is 10.3 Å². The van der Waals surface area contributed by atoms with Crippen molar-refractivity contribution in [1.29, 1.82) is 0 Å². The monoisotopic (exact) mass is 282 g/mol. The standard InChI is InChI=1S/C12H11FN2O3S/c1-8-2-3-9(6-11(8)13)15-19(17,18)10-4-5-12(16)14-7-10/h2-7,15H,1H3,(H,14,16). The first-order valence-corrected chi connectivity index (χ1v) is 6.84. The molecule has 5 nitrogen and oxygen atoms in total. The summed E-state index contributed by atoms with van der Waals surface area (Å²) in [5.41, 5.74) is 0.140. The van der Waals surface area contributed by atoms with Gasteiger partial charge in [0.1, 0.15) is 10.7 Å². The molecule has 0 saturated heterocycles. The van der Waals surface area contributed by atoms with E-state index in [1.807, 2.05) is 0 Å². The van der Waals surface area contributed by atoms with Crippen molar-refractivity contribution in [3.8, 4) is 0 Å². The average molecular weight is 282 g/mol. The Kier molecular flexibility index (Phi) is 3.39. The van der Waals surface area contributed by atoms with E-state index in [4.69, 9.17) is 0 Å². The maximum absolute atomic E-state index is 13.3. The summed E-state index contributed by atoms with van der Waals surface area (Å²) in [6.07, 6.45) is 1.08. The lowest BCUT2D eigenvalue weighted by Crippen LogP contribution is -2.15. The van der Waals surface area contributed by atoms with Crippen molar-refractivity contribution in [2.24, 2.45) is 0 Å². The van der Waals surface area contributed by atoms with Gasteiger partial charge in [0, 0.05) is 12.3 Å². The fourth-order valence-electron chi connectivity index (χ4n) is 1.43. The van der Waals surface area contributed by atoms with Gasteiger partial charge in [-0.3, -0.25) is 9.52 Å². The number of benzene rings is 1. The highest BCUT2D eigenvalue weighted by Crippen LogP contribution is 2.17. The summed E-state index contributed by atoms with van der Waals surface area (Å²) in [4.78, 5) is 13.0. The summed E-state index contributed by atoms with van der Waals surface area (Å²) in [6, 6.07) is 6.30. The van der Waals surface area contributed by atoms with Crippen LogP contribution in [0.15, 0.2) is 46.2 Å². The Morgan fingerprint density at radius 3 is 2.53 bits per heavy atom. The molecule has 0 amide bonds. The van der Waals surface area contributed by atoms with Gasteiger partial charge < -0.3 is 4.98 Å². The van der Waals surface area contributed by atoms with Crippen LogP contribution in [0.1, 0.15) is 5.56 Å². The third-order valence-corrected chi connectivity index (χ3v) is 3.87. The van der Waals surface area contributed by atoms with Crippen LogP contribution in [0.3, 0.4) is 0 Å². The van der Waals surface area contributed by atoms with E-state index in [1.54, 1.807) is 6.92 Å². The van der Waals surface area contributed by atoms with E-state index < -0.39 is 21.4 Å². The van der Waals surface area contributed by atoms with Gasteiger partial charge in [0.2, 0.25) is 5.56 Å². The third-order valence-electron chi connectivity index (χ3n) is 2.49. The SMILES string of the molecule is Cc1ccc(NS(=O)(=O)c2ccc(=O)[nH]c2)cc1F. The number of anilines is 1. The van der Waals surface area contributed by atoms with E-state index in [-0.39, 0.29) is 10.6 Å². The molecule has 0 bridgehead atoms. The number of halogens is 1. The van der Waals surface area contributed by atoms with Gasteiger partial charge >= 0.3 is 0 Å². The molecule has 19 heavy (non-hydrogen) atoms. The molecule has 0 aliphatic carbocycles. The number of hydrogen-bond acceptors (Lipinski definition) is 3. The first-order valence-electron chi connectivity index (χ1n) is 5.36. The summed E-state index contributed by atoms with van der Waals surface area (Å²) in [5.74, 6) is -0.498. The topological polar surface area (TPSA) is 79.0 Å². The van der Waals surface area contributed by atoms with Gasteiger partial charge in [-0.15, -0.1) is 0 Å². The molecule has 2 N–H and O–H groups in total. The van der Waals surface area contributed by atoms with Crippen molar-refractivity contribution < 1.29 is 12.8 Å². The van der Waals surface area contributed by atoms with Crippen LogP contribution in [-0.4, -0.2) is 13.4 Å². The number of H-pyrrole nitrogens is 1. The number of pyridine rings is 1. The Bertz CT molecular complexity index is 748. The molecule has 2 rings (SSSR count).